The normalized spacial score (nSPS) is 17.2. The number of rotatable bonds is 4. The number of carbonyl (C=O) groups is 2. The van der Waals surface area contributed by atoms with Gasteiger partial charge >= 0.3 is 6.03 Å². The van der Waals surface area contributed by atoms with Gasteiger partial charge in [0.15, 0.2) is 6.73 Å². The number of urea groups is 1. The summed E-state index contributed by atoms with van der Waals surface area (Å²) in [6.07, 6.45) is 3.64. The number of nitrogens with zero attached hydrogens (tertiary/aromatic N) is 6. The van der Waals surface area contributed by atoms with Gasteiger partial charge in [-0.2, -0.15) is 4.98 Å². The van der Waals surface area contributed by atoms with Crippen LogP contribution >= 0.6 is 23.2 Å². The second-order valence-electron chi connectivity index (χ2n) is 9.61. The fourth-order valence-corrected chi connectivity index (χ4v) is 5.68. The van der Waals surface area contributed by atoms with Crippen LogP contribution in [0.3, 0.4) is 0 Å². The van der Waals surface area contributed by atoms with Gasteiger partial charge in [-0.1, -0.05) is 29.3 Å². The number of aromatic nitrogens is 2. The fraction of sp³-hybridized carbons (Fsp3) is 0.333. The molecule has 0 saturated carbocycles. The van der Waals surface area contributed by atoms with Crippen molar-refractivity contribution in [1.29, 1.82) is 0 Å². The topological polar surface area (TPSA) is 94.1 Å². The number of likely N-dealkylation sites (tertiary alicyclic amines) is 1. The highest BCUT2D eigenvalue weighted by Gasteiger charge is 2.31. The van der Waals surface area contributed by atoms with Crippen molar-refractivity contribution in [3.05, 3.63) is 64.3 Å². The maximum atomic E-state index is 13.1. The van der Waals surface area contributed by atoms with E-state index in [-0.39, 0.29) is 30.1 Å². The van der Waals surface area contributed by atoms with Gasteiger partial charge in [0.25, 0.3) is 5.91 Å². The summed E-state index contributed by atoms with van der Waals surface area (Å²) in [5, 5.41) is 3.87. The molecule has 3 aromatic rings. The molecule has 0 aliphatic carbocycles. The number of anilines is 4. The number of halogens is 2. The Morgan fingerprint density at radius 3 is 2.26 bits per heavy atom. The number of piperazine rings is 1. The number of nitrogens with one attached hydrogen (secondary N) is 1. The molecule has 2 fully saturated rings. The summed E-state index contributed by atoms with van der Waals surface area (Å²) in [6, 6.07) is 13.2. The predicted molar refractivity (Wildman–Crippen MR) is 151 cm³/mol. The Labute approximate surface area is 236 Å². The molecule has 3 amide bonds. The van der Waals surface area contributed by atoms with Gasteiger partial charge in [0.1, 0.15) is 5.56 Å². The van der Waals surface area contributed by atoms with Crippen LogP contribution in [0.1, 0.15) is 23.2 Å². The molecule has 0 bridgehead atoms. The highest BCUT2D eigenvalue weighted by Crippen LogP contribution is 2.37. The molecule has 202 valence electrons. The SMILES string of the molecule is O=C(N1CCCC1)N1CCN(c2ccc(Nc3ncc4c(n3)OCN(c3c(Cl)cccc3Cl)C4=O)cc2)CC1. The van der Waals surface area contributed by atoms with Crippen LogP contribution in [0.15, 0.2) is 48.7 Å². The van der Waals surface area contributed by atoms with Crippen molar-refractivity contribution in [2.75, 3.05) is 61.1 Å². The summed E-state index contributed by atoms with van der Waals surface area (Å²) < 4.78 is 5.76. The lowest BCUT2D eigenvalue weighted by molar-refractivity contribution is 0.0932. The van der Waals surface area contributed by atoms with E-state index < -0.39 is 0 Å². The smallest absolute Gasteiger partial charge is 0.320 e. The van der Waals surface area contributed by atoms with Crippen LogP contribution in [0.25, 0.3) is 0 Å². The molecule has 0 unspecified atom stereocenters. The Bertz CT molecular complexity index is 1370. The number of benzene rings is 2. The van der Waals surface area contributed by atoms with E-state index in [1.807, 2.05) is 34.1 Å². The largest absolute Gasteiger partial charge is 0.455 e. The van der Waals surface area contributed by atoms with Crippen LogP contribution in [0.2, 0.25) is 10.0 Å². The molecule has 12 heteroatoms. The van der Waals surface area contributed by atoms with E-state index in [0.29, 0.717) is 21.7 Å². The van der Waals surface area contributed by atoms with E-state index in [4.69, 9.17) is 27.9 Å². The number of amides is 3. The Morgan fingerprint density at radius 2 is 1.56 bits per heavy atom. The van der Waals surface area contributed by atoms with Gasteiger partial charge in [-0.15, -0.1) is 0 Å². The highest BCUT2D eigenvalue weighted by molar-refractivity contribution is 6.40. The molecule has 1 aromatic heterocycles. The first-order valence-electron chi connectivity index (χ1n) is 12.9. The second kappa shape index (κ2) is 10.8. The third-order valence-corrected chi connectivity index (χ3v) is 7.79. The number of para-hydroxylation sites is 1. The Hall–Kier alpha value is -3.76. The van der Waals surface area contributed by atoms with E-state index in [0.717, 1.165) is 63.5 Å². The van der Waals surface area contributed by atoms with Gasteiger partial charge < -0.3 is 24.8 Å². The third kappa shape index (κ3) is 5.14. The van der Waals surface area contributed by atoms with Gasteiger partial charge in [-0.05, 0) is 49.2 Å². The first-order chi connectivity index (χ1) is 19.0. The van der Waals surface area contributed by atoms with E-state index in [1.54, 1.807) is 18.2 Å². The zero-order chi connectivity index (χ0) is 26.9. The third-order valence-electron chi connectivity index (χ3n) is 7.18. The summed E-state index contributed by atoms with van der Waals surface area (Å²) >= 11 is 12.6. The molecule has 3 aliphatic rings. The zero-order valence-electron chi connectivity index (χ0n) is 21.1. The first kappa shape index (κ1) is 25.5. The summed E-state index contributed by atoms with van der Waals surface area (Å²) in [7, 11) is 0. The lowest BCUT2D eigenvalue weighted by atomic mass is 10.2. The Kier molecular flexibility index (Phi) is 7.05. The summed E-state index contributed by atoms with van der Waals surface area (Å²) in [5.41, 5.74) is 2.50. The minimum atomic E-state index is -0.343. The lowest BCUT2D eigenvalue weighted by Crippen LogP contribution is -2.52. The number of carbonyl (C=O) groups excluding carboxylic acids is 2. The van der Waals surface area contributed by atoms with Crippen molar-refractivity contribution in [3.63, 3.8) is 0 Å². The number of ether oxygens (including phenoxy) is 1. The highest BCUT2D eigenvalue weighted by atomic mass is 35.5. The second-order valence-corrected chi connectivity index (χ2v) is 10.4. The standard InChI is InChI=1S/C27H27Cl2N7O3/c28-21-4-3-5-22(29)23(21)36-17-39-24-20(25(36)37)16-30-26(32-24)31-18-6-8-19(9-7-18)33-12-14-35(15-13-33)27(38)34-10-1-2-11-34/h3-9,16H,1-2,10-15,17H2,(H,30,31,32). The fourth-order valence-electron chi connectivity index (χ4n) is 5.07. The van der Waals surface area contributed by atoms with Crippen LogP contribution < -0.4 is 19.9 Å². The Balaban J connectivity index is 1.08. The van der Waals surface area contributed by atoms with Crippen molar-refractivity contribution in [1.82, 2.24) is 19.8 Å². The molecule has 0 atom stereocenters. The van der Waals surface area contributed by atoms with E-state index in [1.165, 1.54) is 11.1 Å². The number of fused-ring (bicyclic) bond motifs is 1. The van der Waals surface area contributed by atoms with E-state index >= 15 is 0 Å². The molecule has 6 rings (SSSR count). The molecular weight excluding hydrogens is 541 g/mol. The van der Waals surface area contributed by atoms with Crippen molar-refractivity contribution in [3.8, 4) is 5.88 Å². The van der Waals surface area contributed by atoms with Crippen molar-refractivity contribution in [2.45, 2.75) is 12.8 Å². The van der Waals surface area contributed by atoms with Crippen LogP contribution in [0.4, 0.5) is 27.8 Å². The molecule has 2 saturated heterocycles. The van der Waals surface area contributed by atoms with Crippen LogP contribution in [0, 0.1) is 0 Å². The van der Waals surface area contributed by atoms with Gasteiger partial charge in [-0.25, -0.2) is 9.78 Å². The maximum absolute atomic E-state index is 13.1. The van der Waals surface area contributed by atoms with Crippen molar-refractivity contribution < 1.29 is 14.3 Å². The number of hydrogen-bond donors (Lipinski definition) is 1. The average Bonchev–Trinajstić information content (AvgIpc) is 3.50. The summed E-state index contributed by atoms with van der Waals surface area (Å²) in [6.45, 7) is 4.70. The van der Waals surface area contributed by atoms with Gasteiger partial charge in [0, 0.05) is 56.8 Å². The minimum Gasteiger partial charge on any atom is -0.455 e. The molecule has 3 aliphatic heterocycles. The lowest BCUT2D eigenvalue weighted by Gasteiger charge is -2.37. The first-order valence-corrected chi connectivity index (χ1v) is 13.6. The van der Waals surface area contributed by atoms with Crippen molar-refractivity contribution in [2.24, 2.45) is 0 Å². The van der Waals surface area contributed by atoms with Crippen LogP contribution in [-0.2, 0) is 0 Å². The van der Waals surface area contributed by atoms with Crippen LogP contribution in [0.5, 0.6) is 5.88 Å². The molecule has 0 spiro atoms. The Morgan fingerprint density at radius 1 is 0.897 bits per heavy atom. The average molecular weight is 568 g/mol. The number of hydrogen-bond acceptors (Lipinski definition) is 7. The molecule has 39 heavy (non-hydrogen) atoms. The molecule has 2 aromatic carbocycles. The molecule has 0 radical (unpaired) electrons. The summed E-state index contributed by atoms with van der Waals surface area (Å²) in [4.78, 5) is 42.0. The summed E-state index contributed by atoms with van der Waals surface area (Å²) in [5.74, 6) is 0.159. The van der Waals surface area contributed by atoms with Crippen molar-refractivity contribution >= 4 is 58.2 Å². The van der Waals surface area contributed by atoms with E-state index in [2.05, 4.69) is 20.2 Å². The van der Waals surface area contributed by atoms with Gasteiger partial charge in [0.2, 0.25) is 11.8 Å². The quantitative estimate of drug-likeness (QED) is 0.481. The molecule has 10 nitrogen and oxygen atoms in total. The predicted octanol–water partition coefficient (Wildman–Crippen LogP) is 4.86. The van der Waals surface area contributed by atoms with Gasteiger partial charge in [-0.3, -0.25) is 9.69 Å². The monoisotopic (exact) mass is 567 g/mol. The van der Waals surface area contributed by atoms with Crippen LogP contribution in [-0.4, -0.2) is 77.7 Å². The van der Waals surface area contributed by atoms with E-state index in [9.17, 15) is 9.59 Å². The maximum Gasteiger partial charge on any atom is 0.320 e. The molecular formula is C27H27Cl2N7O3. The zero-order valence-corrected chi connectivity index (χ0v) is 22.7. The molecule has 4 heterocycles. The molecule has 1 N–H and O–H groups in total. The minimum absolute atomic E-state index is 0.0721. The van der Waals surface area contributed by atoms with Gasteiger partial charge in [0.05, 0.1) is 15.7 Å².